The molecular weight excluding hydrogens is 448 g/mol. The van der Waals surface area contributed by atoms with Crippen LogP contribution < -0.4 is 14.4 Å². The van der Waals surface area contributed by atoms with E-state index in [2.05, 4.69) is 20.8 Å². The third-order valence-electron chi connectivity index (χ3n) is 7.53. The van der Waals surface area contributed by atoms with Crippen LogP contribution >= 0.6 is 0 Å². The first-order valence-electron chi connectivity index (χ1n) is 12.2. The maximum Gasteiger partial charge on any atom is 0.270 e. The number of Topliss-reactive ketones (excluding diaryl/α,β-unsaturated/α-hetero) is 1. The third kappa shape index (κ3) is 4.20. The summed E-state index contributed by atoms with van der Waals surface area (Å²) in [5.74, 6) is 1.85. The molecule has 4 fully saturated rings. The summed E-state index contributed by atoms with van der Waals surface area (Å²) in [5.41, 5.74) is 3.63. The summed E-state index contributed by atoms with van der Waals surface area (Å²) in [6.07, 6.45) is 3.70. The largest absolute Gasteiger partial charge is 0.454 e. The van der Waals surface area contributed by atoms with Gasteiger partial charge in [0.15, 0.2) is 17.3 Å². The number of anilines is 1. The van der Waals surface area contributed by atoms with Crippen molar-refractivity contribution < 1.29 is 19.2 Å². The van der Waals surface area contributed by atoms with Crippen molar-refractivity contribution in [3.63, 3.8) is 0 Å². The molecule has 35 heavy (non-hydrogen) atoms. The average Bonchev–Trinajstić information content (AvgIpc) is 3.35. The minimum absolute atomic E-state index is 0.0467. The smallest absolute Gasteiger partial charge is 0.270 e. The maximum absolute atomic E-state index is 12.9. The van der Waals surface area contributed by atoms with E-state index in [0.29, 0.717) is 5.70 Å². The molecule has 0 spiro atoms. The number of piperazine rings is 1. The number of piperidine rings is 3. The first-order chi connectivity index (χ1) is 17.0. The molecule has 0 unspecified atom stereocenters. The Labute approximate surface area is 203 Å². The van der Waals surface area contributed by atoms with Crippen molar-refractivity contribution in [2.45, 2.75) is 19.4 Å². The zero-order chi connectivity index (χ0) is 23.9. The number of nitrogens with zero attached hydrogens (tertiary/aromatic N) is 4. The van der Waals surface area contributed by atoms with E-state index >= 15 is 0 Å². The zero-order valence-corrected chi connectivity index (χ0v) is 19.5. The van der Waals surface area contributed by atoms with Crippen LogP contribution in [0.5, 0.6) is 11.5 Å². The van der Waals surface area contributed by atoms with E-state index < -0.39 is 0 Å². The summed E-state index contributed by atoms with van der Waals surface area (Å²) in [6.45, 7) is 6.21. The maximum atomic E-state index is 12.9. The van der Waals surface area contributed by atoms with Gasteiger partial charge in [0.2, 0.25) is 6.79 Å². The molecule has 9 heteroatoms. The molecule has 5 aliphatic heterocycles. The van der Waals surface area contributed by atoms with E-state index in [1.54, 1.807) is 12.1 Å². The Hall–Kier alpha value is -3.59. The van der Waals surface area contributed by atoms with Gasteiger partial charge in [-0.25, -0.2) is 0 Å². The van der Waals surface area contributed by atoms with Crippen molar-refractivity contribution in [3.8, 4) is 11.5 Å². The monoisotopic (exact) mass is 476 g/mol. The Morgan fingerprint density at radius 3 is 2.46 bits per heavy atom. The number of non-ortho nitro benzene ring substituents is 1. The Bertz CT molecular complexity index is 1200. The second-order valence-corrected chi connectivity index (χ2v) is 9.61. The van der Waals surface area contributed by atoms with E-state index in [4.69, 9.17) is 9.47 Å². The molecule has 7 rings (SSSR count). The molecule has 5 aliphatic rings. The van der Waals surface area contributed by atoms with E-state index in [0.717, 1.165) is 81.4 Å². The van der Waals surface area contributed by atoms with Crippen LogP contribution in [0.1, 0.15) is 24.0 Å². The van der Waals surface area contributed by atoms with Gasteiger partial charge in [-0.05, 0) is 42.7 Å². The van der Waals surface area contributed by atoms with Gasteiger partial charge in [0.1, 0.15) is 0 Å². The van der Waals surface area contributed by atoms with Crippen molar-refractivity contribution in [2.75, 3.05) is 51.0 Å². The molecule has 0 radical (unpaired) electrons. The quantitative estimate of drug-likeness (QED) is 0.369. The molecule has 0 N–H and O–H groups in total. The average molecular weight is 477 g/mol. The summed E-state index contributed by atoms with van der Waals surface area (Å²) >= 11 is 0. The van der Waals surface area contributed by atoms with Gasteiger partial charge in [-0.1, -0.05) is 6.07 Å². The molecule has 182 valence electrons. The number of ether oxygens (including phenoxy) is 2. The molecule has 2 aromatic rings. The highest BCUT2D eigenvalue weighted by Crippen LogP contribution is 2.36. The summed E-state index contributed by atoms with van der Waals surface area (Å²) in [5, 5.41) is 11.5. The summed E-state index contributed by atoms with van der Waals surface area (Å²) in [7, 11) is 0. The van der Waals surface area contributed by atoms with Gasteiger partial charge in [0, 0.05) is 75.1 Å². The fraction of sp³-hybridized carbons (Fsp3) is 0.423. The number of ketones is 1. The van der Waals surface area contributed by atoms with E-state index in [1.807, 2.05) is 24.3 Å². The van der Waals surface area contributed by atoms with Crippen LogP contribution in [-0.2, 0) is 11.3 Å². The fourth-order valence-electron chi connectivity index (χ4n) is 5.56. The molecule has 2 aromatic carbocycles. The number of rotatable bonds is 5. The number of allylic oxidation sites excluding steroid dienone is 1. The first kappa shape index (κ1) is 21.9. The second-order valence-electron chi connectivity index (χ2n) is 9.61. The second kappa shape index (κ2) is 8.88. The lowest BCUT2D eigenvalue weighted by Crippen LogP contribution is -2.46. The number of nitro benzene ring substituents is 1. The molecule has 0 amide bonds. The zero-order valence-electron chi connectivity index (χ0n) is 19.5. The molecular formula is C26H28N4O5. The highest BCUT2D eigenvalue weighted by atomic mass is 16.7. The molecule has 0 saturated carbocycles. The SMILES string of the molecule is O=C1/C(=C/c2cc([N+](=O)[O-])ccc2N2CCN(Cc3ccc4c(c3)OCO4)CC2)N2CCC1CC2. The fourth-order valence-corrected chi connectivity index (χ4v) is 5.56. The predicted molar refractivity (Wildman–Crippen MR) is 130 cm³/mol. The lowest BCUT2D eigenvalue weighted by molar-refractivity contribution is -0.384. The van der Waals surface area contributed by atoms with Crippen LogP contribution in [0.4, 0.5) is 11.4 Å². The predicted octanol–water partition coefficient (Wildman–Crippen LogP) is 3.28. The molecule has 0 aromatic heterocycles. The highest BCUT2D eigenvalue weighted by Gasteiger charge is 2.36. The number of nitro groups is 1. The standard InChI is InChI=1S/C26H28N4O5/c31-26-19-5-7-28(8-6-19)23(26)15-20-14-21(30(32)33)2-3-22(20)29-11-9-27(10-12-29)16-18-1-4-24-25(13-18)35-17-34-24/h1-4,13-15,19H,5-12,16-17H2/b23-15-. The van der Waals surface area contributed by atoms with Crippen molar-refractivity contribution in [2.24, 2.45) is 5.92 Å². The van der Waals surface area contributed by atoms with Crippen molar-refractivity contribution in [3.05, 3.63) is 63.3 Å². The van der Waals surface area contributed by atoms with E-state index in [-0.39, 0.29) is 29.1 Å². The van der Waals surface area contributed by atoms with Crippen molar-refractivity contribution in [1.29, 1.82) is 0 Å². The molecule has 5 heterocycles. The first-order valence-corrected chi connectivity index (χ1v) is 12.2. The van der Waals surface area contributed by atoms with Crippen LogP contribution in [0.3, 0.4) is 0 Å². The number of carbonyl (C=O) groups is 1. The number of carbonyl (C=O) groups excluding carboxylic acids is 1. The van der Waals surface area contributed by atoms with Crippen LogP contribution in [0.2, 0.25) is 0 Å². The summed E-state index contributed by atoms with van der Waals surface area (Å²) in [6, 6.07) is 11.1. The third-order valence-corrected chi connectivity index (χ3v) is 7.53. The summed E-state index contributed by atoms with van der Waals surface area (Å²) in [4.78, 5) is 30.8. The van der Waals surface area contributed by atoms with Gasteiger partial charge >= 0.3 is 0 Å². The minimum Gasteiger partial charge on any atom is -0.454 e. The van der Waals surface area contributed by atoms with Crippen LogP contribution in [0, 0.1) is 16.0 Å². The van der Waals surface area contributed by atoms with Gasteiger partial charge in [-0.2, -0.15) is 0 Å². The van der Waals surface area contributed by atoms with Crippen molar-refractivity contribution >= 4 is 23.2 Å². The number of benzene rings is 2. The minimum atomic E-state index is -0.371. The molecule has 2 bridgehead atoms. The van der Waals surface area contributed by atoms with Gasteiger partial charge in [-0.3, -0.25) is 19.8 Å². The molecule has 9 nitrogen and oxygen atoms in total. The highest BCUT2D eigenvalue weighted by molar-refractivity contribution is 6.02. The molecule has 0 atom stereocenters. The Kier molecular flexibility index (Phi) is 5.56. The lowest BCUT2D eigenvalue weighted by atomic mass is 9.84. The van der Waals surface area contributed by atoms with E-state index in [1.165, 1.54) is 5.56 Å². The van der Waals surface area contributed by atoms with Gasteiger partial charge in [0.25, 0.3) is 5.69 Å². The summed E-state index contributed by atoms with van der Waals surface area (Å²) < 4.78 is 10.9. The van der Waals surface area contributed by atoms with Gasteiger partial charge in [0.05, 0.1) is 10.6 Å². The van der Waals surface area contributed by atoms with Gasteiger partial charge < -0.3 is 19.3 Å². The normalized spacial score (nSPS) is 21.3. The Morgan fingerprint density at radius 2 is 1.71 bits per heavy atom. The van der Waals surface area contributed by atoms with Gasteiger partial charge in [-0.15, -0.1) is 0 Å². The Balaban J connectivity index is 1.20. The van der Waals surface area contributed by atoms with Crippen LogP contribution in [0.25, 0.3) is 6.08 Å². The van der Waals surface area contributed by atoms with Crippen molar-refractivity contribution in [1.82, 2.24) is 9.80 Å². The topological polar surface area (TPSA) is 88.4 Å². The van der Waals surface area contributed by atoms with Crippen LogP contribution in [0.15, 0.2) is 42.1 Å². The van der Waals surface area contributed by atoms with Crippen LogP contribution in [-0.4, -0.2) is 66.6 Å². The lowest BCUT2D eigenvalue weighted by Gasteiger charge is -2.41. The molecule has 4 saturated heterocycles. The number of hydrogen-bond donors (Lipinski definition) is 0. The number of fused-ring (bicyclic) bond motifs is 4. The Morgan fingerprint density at radius 1 is 0.943 bits per heavy atom. The van der Waals surface area contributed by atoms with E-state index in [9.17, 15) is 14.9 Å². The molecule has 0 aliphatic carbocycles. The number of hydrogen-bond acceptors (Lipinski definition) is 8.